The van der Waals surface area contributed by atoms with Crippen molar-refractivity contribution in [3.63, 3.8) is 0 Å². The van der Waals surface area contributed by atoms with Crippen LogP contribution in [0.2, 0.25) is 0 Å². The second kappa shape index (κ2) is 5.71. The summed E-state index contributed by atoms with van der Waals surface area (Å²) in [5, 5.41) is 18.1. The highest BCUT2D eigenvalue weighted by atomic mass is 19.4. The van der Waals surface area contributed by atoms with Crippen molar-refractivity contribution in [1.82, 2.24) is 0 Å². The summed E-state index contributed by atoms with van der Waals surface area (Å²) in [4.78, 5) is 1.92. The number of hydrogen-bond acceptors (Lipinski definition) is 3. The molecule has 1 aromatic rings. The second-order valence-electron chi connectivity index (χ2n) is 4.98. The fraction of sp³-hybridized carbons (Fsp3) is 0.500. The van der Waals surface area contributed by atoms with E-state index in [1.807, 2.05) is 4.90 Å². The number of hydrogen-bond donors (Lipinski definition) is 1. The van der Waals surface area contributed by atoms with Gasteiger partial charge in [-0.25, -0.2) is 0 Å². The minimum atomic E-state index is -4.51. The molecule has 0 aromatic heterocycles. The molecule has 0 amide bonds. The Morgan fingerprint density at radius 2 is 2.15 bits per heavy atom. The average Bonchev–Trinajstić information content (AvgIpc) is 2.45. The Morgan fingerprint density at radius 3 is 2.75 bits per heavy atom. The molecule has 0 bridgehead atoms. The maximum Gasteiger partial charge on any atom is 0.417 e. The Balaban J connectivity index is 2.28. The molecule has 0 radical (unpaired) electrons. The fourth-order valence-electron chi connectivity index (χ4n) is 2.52. The van der Waals surface area contributed by atoms with Gasteiger partial charge in [0.2, 0.25) is 0 Å². The molecule has 6 heteroatoms. The molecule has 1 unspecified atom stereocenters. The third-order valence-corrected chi connectivity index (χ3v) is 3.57. The smallest absolute Gasteiger partial charge is 0.396 e. The van der Waals surface area contributed by atoms with Crippen molar-refractivity contribution >= 4 is 5.69 Å². The third-order valence-electron chi connectivity index (χ3n) is 3.57. The Morgan fingerprint density at radius 1 is 1.40 bits per heavy atom. The van der Waals surface area contributed by atoms with Crippen LogP contribution in [0.1, 0.15) is 24.0 Å². The molecule has 1 fully saturated rings. The molecule has 1 aliphatic heterocycles. The van der Waals surface area contributed by atoms with Crippen molar-refractivity contribution in [3.8, 4) is 6.07 Å². The molecule has 1 aliphatic rings. The van der Waals surface area contributed by atoms with Crippen LogP contribution in [0, 0.1) is 17.2 Å². The Hall–Kier alpha value is -1.74. The molecule has 1 aromatic carbocycles. The van der Waals surface area contributed by atoms with Gasteiger partial charge in [0, 0.05) is 25.4 Å². The van der Waals surface area contributed by atoms with Gasteiger partial charge in [-0.15, -0.1) is 0 Å². The van der Waals surface area contributed by atoms with E-state index in [-0.39, 0.29) is 18.1 Å². The van der Waals surface area contributed by atoms with Gasteiger partial charge in [0.25, 0.3) is 0 Å². The lowest BCUT2D eigenvalue weighted by atomic mass is 9.98. The maximum atomic E-state index is 12.7. The number of aliphatic hydroxyl groups excluding tert-OH is 1. The van der Waals surface area contributed by atoms with Crippen molar-refractivity contribution in [2.75, 3.05) is 24.6 Å². The quantitative estimate of drug-likeness (QED) is 0.908. The van der Waals surface area contributed by atoms with E-state index in [2.05, 4.69) is 0 Å². The molecule has 0 aliphatic carbocycles. The van der Waals surface area contributed by atoms with Crippen molar-refractivity contribution < 1.29 is 18.3 Å². The monoisotopic (exact) mass is 284 g/mol. The first-order valence-corrected chi connectivity index (χ1v) is 6.43. The van der Waals surface area contributed by atoms with Gasteiger partial charge < -0.3 is 10.0 Å². The first kappa shape index (κ1) is 14.7. The van der Waals surface area contributed by atoms with Crippen LogP contribution in [-0.4, -0.2) is 24.8 Å². The van der Waals surface area contributed by atoms with Gasteiger partial charge in [-0.2, -0.15) is 18.4 Å². The van der Waals surface area contributed by atoms with E-state index in [1.54, 1.807) is 6.07 Å². The molecule has 20 heavy (non-hydrogen) atoms. The van der Waals surface area contributed by atoms with E-state index in [4.69, 9.17) is 5.26 Å². The number of halogens is 3. The van der Waals surface area contributed by atoms with E-state index in [9.17, 15) is 18.3 Å². The summed E-state index contributed by atoms with van der Waals surface area (Å²) in [6, 6.07) is 5.24. The summed E-state index contributed by atoms with van der Waals surface area (Å²) < 4.78 is 38.2. The molecule has 0 spiro atoms. The van der Waals surface area contributed by atoms with Crippen LogP contribution in [0.25, 0.3) is 0 Å². The van der Waals surface area contributed by atoms with Gasteiger partial charge in [0.05, 0.1) is 17.2 Å². The standard InChI is InChI=1S/C14H15F3N2O/c15-14(16,17)13-4-3-12(6-11(13)7-18)19-5-1-2-10(8-19)9-20/h3-4,6,10,20H,1-2,5,8-9H2. The van der Waals surface area contributed by atoms with Crippen LogP contribution in [0.15, 0.2) is 18.2 Å². The first-order valence-electron chi connectivity index (χ1n) is 6.43. The number of aliphatic hydroxyl groups is 1. The summed E-state index contributed by atoms with van der Waals surface area (Å²) in [7, 11) is 0. The van der Waals surface area contributed by atoms with Crippen molar-refractivity contribution in [3.05, 3.63) is 29.3 Å². The Labute approximate surface area is 115 Å². The predicted molar refractivity (Wildman–Crippen MR) is 68.2 cm³/mol. The van der Waals surface area contributed by atoms with Crippen molar-refractivity contribution in [2.45, 2.75) is 19.0 Å². The SMILES string of the molecule is N#Cc1cc(N2CCCC(CO)C2)ccc1C(F)(F)F. The minimum absolute atomic E-state index is 0.0717. The lowest BCUT2D eigenvalue weighted by Gasteiger charge is -2.33. The third kappa shape index (κ3) is 3.05. The zero-order chi connectivity index (χ0) is 14.8. The van der Waals surface area contributed by atoms with E-state index in [0.717, 1.165) is 25.5 Å². The highest BCUT2D eigenvalue weighted by Gasteiger charge is 2.34. The molecule has 1 N–H and O–H groups in total. The highest BCUT2D eigenvalue weighted by molar-refractivity contribution is 5.55. The number of nitrogens with zero attached hydrogens (tertiary/aromatic N) is 2. The van der Waals surface area contributed by atoms with Crippen molar-refractivity contribution in [1.29, 1.82) is 5.26 Å². The molecule has 1 saturated heterocycles. The van der Waals surface area contributed by atoms with Crippen LogP contribution in [0.3, 0.4) is 0 Å². The summed E-state index contributed by atoms with van der Waals surface area (Å²) >= 11 is 0. The summed E-state index contributed by atoms with van der Waals surface area (Å²) in [6.07, 6.45) is -2.72. The van der Waals surface area contributed by atoms with Crippen LogP contribution in [-0.2, 0) is 6.18 Å². The fourth-order valence-corrected chi connectivity index (χ4v) is 2.52. The summed E-state index contributed by atoms with van der Waals surface area (Å²) in [5.41, 5.74) is -0.659. The zero-order valence-corrected chi connectivity index (χ0v) is 10.8. The predicted octanol–water partition coefficient (Wildman–Crippen LogP) is 2.79. The normalized spacial score (nSPS) is 19.8. The molecular weight excluding hydrogens is 269 g/mol. The largest absolute Gasteiger partial charge is 0.417 e. The number of benzene rings is 1. The summed E-state index contributed by atoms with van der Waals surface area (Å²) in [6.45, 7) is 1.40. The van der Waals surface area contributed by atoms with E-state index in [0.29, 0.717) is 12.2 Å². The van der Waals surface area contributed by atoms with E-state index in [1.165, 1.54) is 12.1 Å². The second-order valence-corrected chi connectivity index (χ2v) is 4.98. The maximum absolute atomic E-state index is 12.7. The number of piperidine rings is 1. The van der Waals surface area contributed by atoms with E-state index >= 15 is 0 Å². The molecule has 1 heterocycles. The van der Waals surface area contributed by atoms with Gasteiger partial charge >= 0.3 is 6.18 Å². The van der Waals surface area contributed by atoms with E-state index < -0.39 is 11.7 Å². The first-order chi connectivity index (χ1) is 9.45. The lowest BCUT2D eigenvalue weighted by Crippen LogP contribution is -2.36. The van der Waals surface area contributed by atoms with Gasteiger partial charge in [-0.3, -0.25) is 0 Å². The van der Waals surface area contributed by atoms with Crippen LogP contribution in [0.5, 0.6) is 0 Å². The van der Waals surface area contributed by atoms with Crippen LogP contribution in [0.4, 0.5) is 18.9 Å². The molecular formula is C14H15F3N2O. The number of rotatable bonds is 2. The topological polar surface area (TPSA) is 47.3 Å². The lowest BCUT2D eigenvalue weighted by molar-refractivity contribution is -0.137. The molecule has 0 saturated carbocycles. The number of alkyl halides is 3. The van der Waals surface area contributed by atoms with Gasteiger partial charge in [0.15, 0.2) is 0 Å². The number of anilines is 1. The zero-order valence-electron chi connectivity index (χ0n) is 10.8. The van der Waals surface area contributed by atoms with Crippen molar-refractivity contribution in [2.24, 2.45) is 5.92 Å². The number of nitriles is 1. The van der Waals surface area contributed by atoms with Crippen LogP contribution < -0.4 is 4.90 Å². The van der Waals surface area contributed by atoms with Gasteiger partial charge in [-0.05, 0) is 37.0 Å². The van der Waals surface area contributed by atoms with Gasteiger partial charge in [0.1, 0.15) is 0 Å². The van der Waals surface area contributed by atoms with Gasteiger partial charge in [-0.1, -0.05) is 0 Å². The minimum Gasteiger partial charge on any atom is -0.396 e. The molecule has 1 atom stereocenters. The molecule has 108 valence electrons. The molecule has 2 rings (SSSR count). The average molecular weight is 284 g/mol. The Bertz CT molecular complexity index is 522. The Kier molecular flexibility index (Phi) is 4.19. The summed E-state index contributed by atoms with van der Waals surface area (Å²) in [5.74, 6) is 0.136. The molecule has 3 nitrogen and oxygen atoms in total. The van der Waals surface area contributed by atoms with Crippen LogP contribution >= 0.6 is 0 Å². The highest BCUT2D eigenvalue weighted by Crippen LogP contribution is 2.34.